The van der Waals surface area contributed by atoms with Gasteiger partial charge in [-0.25, -0.2) is 4.98 Å². The molecule has 2 aromatic rings. The molecule has 1 atom stereocenters. The van der Waals surface area contributed by atoms with Gasteiger partial charge in [-0.2, -0.15) is 5.26 Å². The van der Waals surface area contributed by atoms with Gasteiger partial charge < -0.3 is 0 Å². The van der Waals surface area contributed by atoms with Crippen LogP contribution in [-0.2, 0) is 0 Å². The second kappa shape index (κ2) is 6.37. The Morgan fingerprint density at radius 1 is 1.52 bits per heavy atom. The number of imidazole rings is 1. The highest BCUT2D eigenvalue weighted by Gasteiger charge is 2.27. The van der Waals surface area contributed by atoms with Gasteiger partial charge >= 0.3 is 0 Å². The molecule has 1 aromatic carbocycles. The van der Waals surface area contributed by atoms with Crippen molar-refractivity contribution in [3.8, 4) is 6.07 Å². The van der Waals surface area contributed by atoms with E-state index in [1.807, 2.05) is 12.1 Å². The monoisotopic (exact) mass is 356 g/mol. The van der Waals surface area contributed by atoms with Crippen LogP contribution in [0.4, 0.5) is 0 Å². The van der Waals surface area contributed by atoms with Crippen LogP contribution in [0, 0.1) is 11.3 Å². The fraction of sp³-hybridized carbons (Fsp3) is 0.143. The largest absolute Gasteiger partial charge is 0.296 e. The number of halogens is 2. The van der Waals surface area contributed by atoms with Gasteiger partial charge in [-0.15, -0.1) is 23.5 Å². The molecule has 0 saturated carbocycles. The zero-order valence-corrected chi connectivity index (χ0v) is 13.6. The van der Waals surface area contributed by atoms with E-state index in [-0.39, 0.29) is 29.6 Å². The Kier molecular flexibility index (Phi) is 3.49. The van der Waals surface area contributed by atoms with E-state index >= 15 is 0 Å². The van der Waals surface area contributed by atoms with E-state index in [9.17, 15) is 5.26 Å². The summed E-state index contributed by atoms with van der Waals surface area (Å²) in [6, 6.07) is 7.35. The smallest absolute Gasteiger partial charge is 0.145 e. The van der Waals surface area contributed by atoms with Crippen molar-refractivity contribution in [2.45, 2.75) is 5.25 Å². The number of benzene rings is 1. The van der Waals surface area contributed by atoms with Crippen molar-refractivity contribution in [2.75, 3.05) is 5.75 Å². The Balaban J connectivity index is 1.98. The second-order valence-electron chi connectivity index (χ2n) is 4.10. The Hall–Kier alpha value is -1.06. The van der Waals surface area contributed by atoms with Gasteiger partial charge in [0.15, 0.2) is 0 Å². The van der Waals surface area contributed by atoms with Gasteiger partial charge in [0.05, 0.1) is 13.3 Å². The highest BCUT2D eigenvalue weighted by Crippen LogP contribution is 2.53. The third kappa shape index (κ3) is 3.09. The van der Waals surface area contributed by atoms with Gasteiger partial charge in [-0.1, -0.05) is 29.3 Å². The maximum atomic E-state index is 9.49. The first-order valence-corrected chi connectivity index (χ1v) is 8.46. The number of thioether (sulfide) groups is 2. The van der Waals surface area contributed by atoms with Crippen LogP contribution in [0.25, 0.3) is 5.70 Å². The number of hydrogen-bond donors (Lipinski definition) is 0. The van der Waals surface area contributed by atoms with Crippen LogP contribution in [0.1, 0.15) is 14.9 Å². The minimum absolute atomic E-state index is 0.0421. The minimum atomic E-state index is -0.321. The average molecular weight is 357 g/mol. The molecule has 1 saturated heterocycles. The van der Waals surface area contributed by atoms with Crippen LogP contribution >= 0.6 is 46.7 Å². The first-order valence-electron chi connectivity index (χ1n) is 7.34. The SMILES string of the molecule is [2H]c1nc([2H])n(/C(C#N)=C2\SC[C@@H](c3ccc(Cl)cc3Cl)S2)c1[2H]. The molecule has 0 spiro atoms. The average Bonchev–Trinajstić information content (AvgIpc) is 3.09. The first-order chi connectivity index (χ1) is 11.4. The lowest BCUT2D eigenvalue weighted by Gasteiger charge is -2.10. The van der Waals surface area contributed by atoms with Crippen molar-refractivity contribution in [1.29, 1.82) is 5.26 Å². The van der Waals surface area contributed by atoms with Crippen molar-refractivity contribution in [3.05, 3.63) is 56.7 Å². The van der Waals surface area contributed by atoms with Gasteiger partial charge in [0.1, 0.15) is 13.1 Å². The lowest BCUT2D eigenvalue weighted by molar-refractivity contribution is 1.10. The number of aromatic nitrogens is 2. The molecule has 0 N–H and O–H groups in total. The Bertz CT molecular complexity index is 892. The third-order valence-electron chi connectivity index (χ3n) is 2.82. The van der Waals surface area contributed by atoms with E-state index < -0.39 is 0 Å². The molecule has 0 unspecified atom stereocenters. The van der Waals surface area contributed by atoms with Crippen molar-refractivity contribution < 1.29 is 4.11 Å². The van der Waals surface area contributed by atoms with Gasteiger partial charge in [-0.3, -0.25) is 4.57 Å². The van der Waals surface area contributed by atoms with Crippen LogP contribution in [0.15, 0.2) is 41.1 Å². The van der Waals surface area contributed by atoms with Crippen LogP contribution in [0.2, 0.25) is 10.0 Å². The van der Waals surface area contributed by atoms with Gasteiger partial charge in [-0.05, 0) is 17.7 Å². The predicted molar refractivity (Wildman–Crippen MR) is 90.3 cm³/mol. The molecule has 1 aliphatic rings. The molecule has 7 heteroatoms. The molecule has 0 aliphatic carbocycles. The van der Waals surface area contributed by atoms with Gasteiger partial charge in [0, 0.05) is 33.4 Å². The van der Waals surface area contributed by atoms with E-state index in [0.717, 1.165) is 10.1 Å². The Labute approximate surface area is 145 Å². The number of hydrogen-bond acceptors (Lipinski definition) is 4. The fourth-order valence-electron chi connectivity index (χ4n) is 1.86. The summed E-state index contributed by atoms with van der Waals surface area (Å²) < 4.78 is 24.9. The molecular formula is C14H9Cl2N3S2. The molecule has 21 heavy (non-hydrogen) atoms. The summed E-state index contributed by atoms with van der Waals surface area (Å²) in [5, 5.41) is 10.7. The summed E-state index contributed by atoms with van der Waals surface area (Å²) >= 11 is 15.1. The number of nitrogens with zero attached hydrogens (tertiary/aromatic N) is 3. The molecule has 1 fully saturated rings. The molecule has 1 aromatic heterocycles. The van der Waals surface area contributed by atoms with Crippen molar-refractivity contribution in [3.63, 3.8) is 0 Å². The Morgan fingerprint density at radius 2 is 2.38 bits per heavy atom. The van der Waals surface area contributed by atoms with E-state index in [1.54, 1.807) is 12.1 Å². The zero-order chi connectivity index (χ0) is 17.4. The maximum Gasteiger partial charge on any atom is 0.145 e. The van der Waals surface area contributed by atoms with Crippen LogP contribution in [-0.4, -0.2) is 15.3 Å². The predicted octanol–water partition coefficient (Wildman–Crippen LogP) is 5.06. The normalized spacial score (nSPS) is 22.3. The fourth-order valence-corrected chi connectivity index (χ4v) is 5.36. The van der Waals surface area contributed by atoms with E-state index in [4.69, 9.17) is 27.3 Å². The third-order valence-corrected chi connectivity index (χ3v) is 6.30. The highest BCUT2D eigenvalue weighted by atomic mass is 35.5. The molecule has 106 valence electrons. The van der Waals surface area contributed by atoms with Crippen LogP contribution < -0.4 is 0 Å². The molecule has 3 rings (SSSR count). The summed E-state index contributed by atoms with van der Waals surface area (Å²) in [5.41, 5.74) is 1.08. The number of nitriles is 1. The van der Waals surface area contributed by atoms with E-state index in [1.165, 1.54) is 23.5 Å². The molecule has 2 heterocycles. The lowest BCUT2D eigenvalue weighted by Crippen LogP contribution is -1.93. The molecule has 0 radical (unpaired) electrons. The standard InChI is InChI=1S/C14H9Cl2N3S2/c15-9-1-2-10(11(16)5-9)13-7-20-14(21-13)12(6-17)19-4-3-18-8-19/h1-5,8,13H,7H2/b14-12+/t13-/m0/s1/i3D,4D,8D. The summed E-state index contributed by atoms with van der Waals surface area (Å²) in [6.07, 6.45) is -0.875. The van der Waals surface area contributed by atoms with Crippen molar-refractivity contribution in [1.82, 2.24) is 9.55 Å². The number of rotatable bonds is 2. The lowest BCUT2D eigenvalue weighted by atomic mass is 10.2. The molecule has 0 bridgehead atoms. The quantitative estimate of drug-likeness (QED) is 0.705. The molecular weight excluding hydrogens is 345 g/mol. The number of allylic oxidation sites excluding steroid dienone is 1. The van der Waals surface area contributed by atoms with E-state index in [2.05, 4.69) is 4.98 Å². The van der Waals surface area contributed by atoms with Crippen LogP contribution in [0.3, 0.4) is 0 Å². The molecule has 1 aliphatic heterocycles. The molecule has 0 amide bonds. The zero-order valence-electron chi connectivity index (χ0n) is 13.4. The van der Waals surface area contributed by atoms with Crippen molar-refractivity contribution in [2.24, 2.45) is 0 Å². The van der Waals surface area contributed by atoms with E-state index in [0.29, 0.717) is 20.0 Å². The van der Waals surface area contributed by atoms with Gasteiger partial charge in [0.25, 0.3) is 0 Å². The molecule has 3 nitrogen and oxygen atoms in total. The van der Waals surface area contributed by atoms with Crippen LogP contribution in [0.5, 0.6) is 0 Å². The summed E-state index contributed by atoms with van der Waals surface area (Å²) in [7, 11) is 0. The minimum Gasteiger partial charge on any atom is -0.296 e. The highest BCUT2D eigenvalue weighted by molar-refractivity contribution is 8.25. The maximum absolute atomic E-state index is 9.49. The summed E-state index contributed by atoms with van der Waals surface area (Å²) in [4.78, 5) is 3.62. The first kappa shape index (κ1) is 11.5. The Morgan fingerprint density at radius 3 is 3.05 bits per heavy atom. The summed E-state index contributed by atoms with van der Waals surface area (Å²) in [6.45, 7) is 0. The second-order valence-corrected chi connectivity index (χ2v) is 7.45. The van der Waals surface area contributed by atoms with Crippen molar-refractivity contribution >= 4 is 52.4 Å². The van der Waals surface area contributed by atoms with Gasteiger partial charge in [0.2, 0.25) is 0 Å². The summed E-state index contributed by atoms with van der Waals surface area (Å²) in [5.74, 6) is 0.704. The topological polar surface area (TPSA) is 41.6 Å².